The second kappa shape index (κ2) is 7.17. The van der Waals surface area contributed by atoms with Gasteiger partial charge < -0.3 is 4.90 Å². The summed E-state index contributed by atoms with van der Waals surface area (Å²) in [4.78, 5) is 13.9. The first-order chi connectivity index (χ1) is 14.5. The number of pyridine rings is 1. The van der Waals surface area contributed by atoms with Gasteiger partial charge in [-0.05, 0) is 61.6 Å². The number of nitrogens with zero attached hydrogens (tertiary/aromatic N) is 5. The third-order valence-electron chi connectivity index (χ3n) is 6.00. The molecule has 156 valence electrons. The molecule has 0 bridgehead atoms. The van der Waals surface area contributed by atoms with Crippen molar-refractivity contribution in [1.29, 1.82) is 0 Å². The molecular weight excluding hydrogens is 402 g/mol. The molecule has 0 saturated carbocycles. The summed E-state index contributed by atoms with van der Waals surface area (Å²) in [6, 6.07) is 10.4. The number of sulfonamides is 1. The van der Waals surface area contributed by atoms with Crippen molar-refractivity contribution in [2.24, 2.45) is 0 Å². The van der Waals surface area contributed by atoms with Crippen LogP contribution >= 0.6 is 0 Å². The highest BCUT2D eigenvalue weighted by molar-refractivity contribution is 7.89. The maximum absolute atomic E-state index is 13.6. The lowest BCUT2D eigenvalue weighted by Crippen LogP contribution is -2.34. The summed E-state index contributed by atoms with van der Waals surface area (Å²) in [7, 11) is -3.70. The molecule has 5 rings (SSSR count). The normalized spacial score (nSPS) is 19.9. The van der Waals surface area contributed by atoms with Crippen LogP contribution in [0.2, 0.25) is 0 Å². The number of rotatable bonds is 3. The van der Waals surface area contributed by atoms with Gasteiger partial charge in [0.05, 0.1) is 10.9 Å². The van der Waals surface area contributed by atoms with Gasteiger partial charge in [0.1, 0.15) is 0 Å². The number of anilines is 1. The molecule has 0 radical (unpaired) electrons. The lowest BCUT2D eigenvalue weighted by molar-refractivity contribution is -0.116. The van der Waals surface area contributed by atoms with Gasteiger partial charge in [0.15, 0.2) is 11.5 Å². The molecule has 1 fully saturated rings. The fraction of sp³-hybridized carbons (Fsp3) is 0.381. The number of aryl methyl sites for hydroxylation is 1. The molecule has 9 heteroatoms. The van der Waals surface area contributed by atoms with E-state index in [1.54, 1.807) is 27.4 Å². The zero-order valence-electron chi connectivity index (χ0n) is 16.7. The average Bonchev–Trinajstić information content (AvgIpc) is 3.39. The van der Waals surface area contributed by atoms with Crippen molar-refractivity contribution in [2.75, 3.05) is 18.0 Å². The molecule has 0 spiro atoms. The predicted octanol–water partition coefficient (Wildman–Crippen LogP) is 2.55. The Morgan fingerprint density at radius 2 is 1.97 bits per heavy atom. The molecule has 30 heavy (non-hydrogen) atoms. The second-order valence-corrected chi connectivity index (χ2v) is 9.72. The van der Waals surface area contributed by atoms with Crippen LogP contribution in [0.1, 0.15) is 43.6 Å². The van der Waals surface area contributed by atoms with Crippen LogP contribution in [0.3, 0.4) is 0 Å². The van der Waals surface area contributed by atoms with Crippen molar-refractivity contribution in [2.45, 2.75) is 43.5 Å². The number of amides is 1. The van der Waals surface area contributed by atoms with E-state index in [9.17, 15) is 13.2 Å². The van der Waals surface area contributed by atoms with Crippen LogP contribution in [0.25, 0.3) is 5.65 Å². The van der Waals surface area contributed by atoms with Crippen molar-refractivity contribution in [1.82, 2.24) is 18.9 Å². The standard InChI is InChI=1S/C21H23N5O3S/c1-15(27)24-12-4-6-16-14-17(9-10-18(16)24)30(28,29)26-13-5-7-19(26)21-23-22-20-8-2-3-11-25(20)21/h2-3,8-11,14,19H,4-7,12-13H2,1H3/t19-/m1/s1. The van der Waals surface area contributed by atoms with Crippen LogP contribution in [0.4, 0.5) is 5.69 Å². The topological polar surface area (TPSA) is 87.9 Å². The molecule has 2 aromatic heterocycles. The number of aromatic nitrogens is 3. The largest absolute Gasteiger partial charge is 0.312 e. The Labute approximate surface area is 175 Å². The number of fused-ring (bicyclic) bond motifs is 2. The molecular formula is C21H23N5O3S. The van der Waals surface area contributed by atoms with Crippen molar-refractivity contribution < 1.29 is 13.2 Å². The highest BCUT2D eigenvalue weighted by atomic mass is 32.2. The summed E-state index contributed by atoms with van der Waals surface area (Å²) in [5.74, 6) is 0.622. The molecule has 4 heterocycles. The number of carbonyl (C=O) groups excluding carboxylic acids is 1. The minimum Gasteiger partial charge on any atom is -0.312 e. The Hall–Kier alpha value is -2.78. The van der Waals surface area contributed by atoms with E-state index in [2.05, 4.69) is 10.2 Å². The average molecular weight is 426 g/mol. The van der Waals surface area contributed by atoms with Gasteiger partial charge in [-0.25, -0.2) is 8.42 Å². The van der Waals surface area contributed by atoms with E-state index >= 15 is 0 Å². The third-order valence-corrected chi connectivity index (χ3v) is 7.90. The molecule has 0 aliphatic carbocycles. The van der Waals surface area contributed by atoms with Gasteiger partial charge >= 0.3 is 0 Å². The van der Waals surface area contributed by atoms with Crippen molar-refractivity contribution in [3.05, 3.63) is 54.0 Å². The second-order valence-electron chi connectivity index (χ2n) is 7.83. The molecule has 1 amide bonds. The summed E-state index contributed by atoms with van der Waals surface area (Å²) in [5.41, 5.74) is 2.42. The monoisotopic (exact) mass is 425 g/mol. The van der Waals surface area contributed by atoms with Crippen LogP contribution in [0.5, 0.6) is 0 Å². The van der Waals surface area contributed by atoms with Gasteiger partial charge in [-0.1, -0.05) is 6.07 Å². The van der Waals surface area contributed by atoms with Gasteiger partial charge in [-0.3, -0.25) is 9.20 Å². The summed E-state index contributed by atoms with van der Waals surface area (Å²) >= 11 is 0. The van der Waals surface area contributed by atoms with Crippen LogP contribution in [0.15, 0.2) is 47.5 Å². The fourth-order valence-electron chi connectivity index (χ4n) is 4.57. The van der Waals surface area contributed by atoms with Crippen molar-refractivity contribution >= 4 is 27.3 Å². The molecule has 0 N–H and O–H groups in total. The highest BCUT2D eigenvalue weighted by Crippen LogP contribution is 2.37. The molecule has 2 aliphatic rings. The van der Waals surface area contributed by atoms with Crippen LogP contribution in [-0.4, -0.2) is 46.3 Å². The molecule has 3 aromatic rings. The highest BCUT2D eigenvalue weighted by Gasteiger charge is 2.39. The van der Waals surface area contributed by atoms with Crippen LogP contribution in [-0.2, 0) is 21.2 Å². The zero-order valence-corrected chi connectivity index (χ0v) is 17.5. The first kappa shape index (κ1) is 19.2. The Morgan fingerprint density at radius 1 is 1.10 bits per heavy atom. The van der Waals surface area contributed by atoms with Gasteiger partial charge in [-0.15, -0.1) is 10.2 Å². The minimum atomic E-state index is -3.70. The quantitative estimate of drug-likeness (QED) is 0.644. The SMILES string of the molecule is CC(=O)N1CCCc2cc(S(=O)(=O)N3CCC[C@@H]3c3nnc4ccccn34)ccc21. The molecule has 8 nitrogen and oxygen atoms in total. The minimum absolute atomic E-state index is 0.0233. The van der Waals surface area contributed by atoms with Gasteiger partial charge in [0.2, 0.25) is 15.9 Å². The fourth-order valence-corrected chi connectivity index (χ4v) is 6.28. The first-order valence-electron chi connectivity index (χ1n) is 10.2. The predicted molar refractivity (Wildman–Crippen MR) is 112 cm³/mol. The van der Waals surface area contributed by atoms with E-state index < -0.39 is 10.0 Å². The lowest BCUT2D eigenvalue weighted by atomic mass is 10.0. The summed E-state index contributed by atoms with van der Waals surface area (Å²) in [6.45, 7) is 2.66. The van der Waals surface area contributed by atoms with E-state index in [1.165, 1.54) is 6.92 Å². The van der Waals surface area contributed by atoms with E-state index in [0.717, 1.165) is 30.5 Å². The summed E-state index contributed by atoms with van der Waals surface area (Å²) in [6.07, 6.45) is 4.94. The first-order valence-corrected chi connectivity index (χ1v) is 11.6. The number of carbonyl (C=O) groups is 1. The maximum atomic E-state index is 13.6. The van der Waals surface area contributed by atoms with E-state index in [-0.39, 0.29) is 16.8 Å². The van der Waals surface area contributed by atoms with E-state index in [4.69, 9.17) is 0 Å². The molecule has 2 aliphatic heterocycles. The van der Waals surface area contributed by atoms with Gasteiger partial charge in [0, 0.05) is 31.9 Å². The number of hydrogen-bond acceptors (Lipinski definition) is 5. The molecule has 1 saturated heterocycles. The van der Waals surface area contributed by atoms with E-state index in [1.807, 2.05) is 28.8 Å². The zero-order chi connectivity index (χ0) is 20.9. The van der Waals surface area contributed by atoms with Gasteiger partial charge in [-0.2, -0.15) is 4.31 Å². The summed E-state index contributed by atoms with van der Waals surface area (Å²) in [5, 5.41) is 8.49. The van der Waals surface area contributed by atoms with Crippen molar-refractivity contribution in [3.63, 3.8) is 0 Å². The Morgan fingerprint density at radius 3 is 2.80 bits per heavy atom. The third kappa shape index (κ3) is 3.00. The maximum Gasteiger partial charge on any atom is 0.243 e. The van der Waals surface area contributed by atoms with E-state index in [0.29, 0.717) is 31.0 Å². The molecule has 1 atom stereocenters. The number of benzene rings is 1. The van der Waals surface area contributed by atoms with Gasteiger partial charge in [0.25, 0.3) is 0 Å². The Balaban J connectivity index is 1.52. The smallest absolute Gasteiger partial charge is 0.243 e. The molecule has 1 aromatic carbocycles. The Bertz CT molecular complexity index is 1240. The van der Waals surface area contributed by atoms with Crippen LogP contribution in [0, 0.1) is 0 Å². The Kier molecular flexibility index (Phi) is 4.59. The van der Waals surface area contributed by atoms with Crippen molar-refractivity contribution in [3.8, 4) is 0 Å². The lowest BCUT2D eigenvalue weighted by Gasteiger charge is -2.29. The number of hydrogen-bond donors (Lipinski definition) is 0. The molecule has 0 unspecified atom stereocenters. The summed E-state index contributed by atoms with van der Waals surface area (Å²) < 4.78 is 30.5. The van der Waals surface area contributed by atoms with Crippen LogP contribution < -0.4 is 4.90 Å².